The van der Waals surface area contributed by atoms with E-state index in [1.807, 2.05) is 0 Å². The van der Waals surface area contributed by atoms with Crippen molar-refractivity contribution < 1.29 is 9.47 Å². The zero-order chi connectivity index (χ0) is 26.2. The van der Waals surface area contributed by atoms with Crippen molar-refractivity contribution in [3.05, 3.63) is 71.8 Å². The quantitative estimate of drug-likeness (QED) is 0.427. The SMILES string of the molecule is c1ccc(C2CC3OC4CCCCC4N4C5CC(c6ccccc6)CC6OC7CCCCC7N(C(C2)C34)C65)cc1. The number of benzene rings is 2. The van der Waals surface area contributed by atoms with Gasteiger partial charge in [0.25, 0.3) is 0 Å². The highest BCUT2D eigenvalue weighted by molar-refractivity contribution is 5.28. The minimum absolute atomic E-state index is 0.352. The lowest BCUT2D eigenvalue weighted by Crippen LogP contribution is -2.83. The first-order valence-electron chi connectivity index (χ1n) is 16.8. The Bertz CT molecular complexity index is 1100. The molecule has 4 heteroatoms. The molecule has 3 heterocycles. The van der Waals surface area contributed by atoms with Gasteiger partial charge in [-0.3, -0.25) is 9.80 Å². The second-order valence-electron chi connectivity index (χ2n) is 14.3. The van der Waals surface area contributed by atoms with Gasteiger partial charge < -0.3 is 9.47 Å². The molecule has 0 bridgehead atoms. The number of ether oxygens (including phenoxy) is 2. The van der Waals surface area contributed by atoms with E-state index >= 15 is 0 Å². The van der Waals surface area contributed by atoms with Crippen LogP contribution in [0.25, 0.3) is 0 Å². The van der Waals surface area contributed by atoms with Crippen LogP contribution in [0.5, 0.6) is 0 Å². The maximum absolute atomic E-state index is 7.25. The number of piperazine rings is 1. The maximum atomic E-state index is 7.25. The van der Waals surface area contributed by atoms with Crippen LogP contribution in [-0.2, 0) is 9.47 Å². The van der Waals surface area contributed by atoms with Crippen molar-refractivity contribution in [3.63, 3.8) is 0 Å². The van der Waals surface area contributed by atoms with Gasteiger partial charge >= 0.3 is 0 Å². The molecule has 9 rings (SSSR count). The molecule has 40 heavy (non-hydrogen) atoms. The smallest absolute Gasteiger partial charge is 0.0756 e. The molecule has 0 N–H and O–H groups in total. The summed E-state index contributed by atoms with van der Waals surface area (Å²) in [5.74, 6) is 1.19. The van der Waals surface area contributed by atoms with Crippen LogP contribution in [-0.4, -0.2) is 70.5 Å². The van der Waals surface area contributed by atoms with E-state index in [-0.39, 0.29) is 0 Å². The summed E-state index contributed by atoms with van der Waals surface area (Å²) in [6, 6.07) is 26.3. The summed E-state index contributed by atoms with van der Waals surface area (Å²) in [7, 11) is 0. The van der Waals surface area contributed by atoms with E-state index < -0.39 is 0 Å². The molecule has 0 spiro atoms. The zero-order valence-corrected chi connectivity index (χ0v) is 23.9. The zero-order valence-electron chi connectivity index (χ0n) is 23.9. The number of hydrogen-bond donors (Lipinski definition) is 0. The van der Waals surface area contributed by atoms with E-state index in [1.54, 1.807) is 0 Å². The average molecular weight is 539 g/mol. The normalized spacial score (nSPS) is 46.4. The van der Waals surface area contributed by atoms with E-state index in [0.29, 0.717) is 72.5 Å². The Morgan fingerprint density at radius 3 is 1.32 bits per heavy atom. The molecule has 12 atom stereocenters. The second kappa shape index (κ2) is 9.93. The van der Waals surface area contributed by atoms with Crippen LogP contribution in [0, 0.1) is 0 Å². The number of hydrogen-bond acceptors (Lipinski definition) is 4. The van der Waals surface area contributed by atoms with Crippen molar-refractivity contribution in [3.8, 4) is 0 Å². The summed E-state index contributed by atoms with van der Waals surface area (Å²) in [5.41, 5.74) is 3.06. The lowest BCUT2D eigenvalue weighted by atomic mass is 9.64. The lowest BCUT2D eigenvalue weighted by Gasteiger charge is -2.71. The Kier molecular flexibility index (Phi) is 6.17. The van der Waals surface area contributed by atoms with Crippen molar-refractivity contribution >= 4 is 0 Å². The summed E-state index contributed by atoms with van der Waals surface area (Å²) in [4.78, 5) is 6.28. The largest absolute Gasteiger partial charge is 0.372 e. The van der Waals surface area contributed by atoms with Crippen LogP contribution in [0.15, 0.2) is 60.7 Å². The van der Waals surface area contributed by atoms with E-state index in [9.17, 15) is 0 Å². The van der Waals surface area contributed by atoms with Gasteiger partial charge in [0, 0.05) is 24.2 Å². The Morgan fingerprint density at radius 2 is 0.875 bits per heavy atom. The Hall–Kier alpha value is -1.72. The van der Waals surface area contributed by atoms with Gasteiger partial charge in [-0.2, -0.15) is 0 Å². The highest BCUT2D eigenvalue weighted by atomic mass is 16.5. The van der Waals surface area contributed by atoms with Gasteiger partial charge in [0.05, 0.1) is 36.5 Å². The first kappa shape index (κ1) is 24.8. The number of fused-ring (bicyclic) bond motifs is 6. The van der Waals surface area contributed by atoms with E-state index in [4.69, 9.17) is 9.47 Å². The van der Waals surface area contributed by atoms with Gasteiger partial charge in [-0.25, -0.2) is 0 Å². The monoisotopic (exact) mass is 538 g/mol. The van der Waals surface area contributed by atoms with Gasteiger partial charge in [-0.1, -0.05) is 86.3 Å². The lowest BCUT2D eigenvalue weighted by molar-refractivity contribution is -0.289. The Labute approximate surface area is 240 Å². The predicted molar refractivity (Wildman–Crippen MR) is 157 cm³/mol. The minimum Gasteiger partial charge on any atom is -0.372 e. The molecule has 7 fully saturated rings. The topological polar surface area (TPSA) is 24.9 Å². The molecular formula is C36H46N2O2. The number of morpholine rings is 2. The highest BCUT2D eigenvalue weighted by Crippen LogP contribution is 2.55. The third kappa shape index (κ3) is 3.85. The van der Waals surface area contributed by atoms with Crippen molar-refractivity contribution in [2.24, 2.45) is 0 Å². The first-order chi connectivity index (χ1) is 19.8. The molecule has 3 aliphatic heterocycles. The number of rotatable bonds is 2. The molecule has 7 aliphatic rings. The summed E-state index contributed by atoms with van der Waals surface area (Å²) in [6.07, 6.45) is 17.0. The predicted octanol–water partition coefficient (Wildman–Crippen LogP) is 6.65. The van der Waals surface area contributed by atoms with Crippen molar-refractivity contribution in [1.29, 1.82) is 0 Å². The molecular weight excluding hydrogens is 492 g/mol. The summed E-state index contributed by atoms with van der Waals surface area (Å²) in [6.45, 7) is 0. The van der Waals surface area contributed by atoms with E-state index in [1.165, 1.54) is 88.2 Å². The molecule has 0 aromatic heterocycles. The molecule has 0 amide bonds. The molecule has 4 nitrogen and oxygen atoms in total. The van der Waals surface area contributed by atoms with Crippen LogP contribution in [0.4, 0.5) is 0 Å². The second-order valence-corrected chi connectivity index (χ2v) is 14.3. The number of nitrogens with zero attached hydrogens (tertiary/aromatic N) is 2. The average Bonchev–Trinajstić information content (AvgIpc) is 3.02. The van der Waals surface area contributed by atoms with E-state index in [0.717, 1.165) is 0 Å². The molecule has 212 valence electrons. The fourth-order valence-electron chi connectivity index (χ4n) is 11.0. The van der Waals surface area contributed by atoms with Gasteiger partial charge in [-0.15, -0.1) is 0 Å². The van der Waals surface area contributed by atoms with Gasteiger partial charge in [0.2, 0.25) is 0 Å². The van der Waals surface area contributed by atoms with Crippen molar-refractivity contribution in [1.82, 2.24) is 9.80 Å². The Morgan fingerprint density at radius 1 is 0.450 bits per heavy atom. The maximum Gasteiger partial charge on any atom is 0.0756 e. The molecule has 4 saturated carbocycles. The molecule has 4 aliphatic carbocycles. The molecule has 12 unspecified atom stereocenters. The van der Waals surface area contributed by atoms with Crippen LogP contribution in [0.1, 0.15) is 100 Å². The van der Waals surface area contributed by atoms with Crippen molar-refractivity contribution in [2.45, 2.75) is 150 Å². The fourth-order valence-corrected chi connectivity index (χ4v) is 11.0. The fraction of sp³-hybridized carbons (Fsp3) is 0.667. The third-order valence-corrected chi connectivity index (χ3v) is 12.4. The standard InChI is InChI=1S/C36H46N2O2/c1-3-11-23(12-4-1)25-19-29-35-33(21-25)39-31-17-9-8-16-28(31)38(35)30-20-26(24-13-5-2-6-14-24)22-34-36(30)37(29)27-15-7-10-18-32(27)40-34/h1-6,11-14,25-36H,7-10,15-22H2. The summed E-state index contributed by atoms with van der Waals surface area (Å²) >= 11 is 0. The van der Waals surface area contributed by atoms with E-state index in [2.05, 4.69) is 70.5 Å². The molecule has 2 aromatic rings. The van der Waals surface area contributed by atoms with Crippen molar-refractivity contribution in [2.75, 3.05) is 0 Å². The van der Waals surface area contributed by atoms with Crippen LogP contribution < -0.4 is 0 Å². The Balaban J connectivity index is 1.16. The molecule has 0 radical (unpaired) electrons. The van der Waals surface area contributed by atoms with Crippen LogP contribution in [0.2, 0.25) is 0 Å². The first-order valence-corrected chi connectivity index (χ1v) is 16.8. The van der Waals surface area contributed by atoms with Crippen LogP contribution >= 0.6 is 0 Å². The molecule has 3 saturated heterocycles. The minimum atomic E-state index is 0.352. The van der Waals surface area contributed by atoms with Gasteiger partial charge in [-0.05, 0) is 74.3 Å². The van der Waals surface area contributed by atoms with Gasteiger partial charge in [0.1, 0.15) is 0 Å². The third-order valence-electron chi connectivity index (χ3n) is 12.4. The van der Waals surface area contributed by atoms with Gasteiger partial charge in [0.15, 0.2) is 0 Å². The highest BCUT2D eigenvalue weighted by Gasteiger charge is 2.64. The van der Waals surface area contributed by atoms with Crippen LogP contribution in [0.3, 0.4) is 0 Å². The summed E-state index contributed by atoms with van der Waals surface area (Å²) < 4.78 is 14.5. The molecule has 2 aromatic carbocycles. The summed E-state index contributed by atoms with van der Waals surface area (Å²) in [5, 5.41) is 0.